The summed E-state index contributed by atoms with van der Waals surface area (Å²) >= 11 is 7.45. The summed E-state index contributed by atoms with van der Waals surface area (Å²) in [6.07, 6.45) is 0. The molecule has 1 unspecified atom stereocenters. The van der Waals surface area contributed by atoms with E-state index in [9.17, 15) is 4.79 Å². The Morgan fingerprint density at radius 2 is 2.08 bits per heavy atom. The van der Waals surface area contributed by atoms with Crippen molar-refractivity contribution in [1.82, 2.24) is 15.1 Å². The van der Waals surface area contributed by atoms with E-state index in [-0.39, 0.29) is 11.9 Å². The minimum atomic E-state index is -0.0905. The van der Waals surface area contributed by atoms with Gasteiger partial charge in [0, 0.05) is 16.1 Å². The third-order valence-electron chi connectivity index (χ3n) is 3.99. The summed E-state index contributed by atoms with van der Waals surface area (Å²) in [5, 5.41) is 7.50. The second kappa shape index (κ2) is 7.42. The Labute approximate surface area is 156 Å². The number of carbonyl (C=O) groups is 1. The van der Waals surface area contributed by atoms with Gasteiger partial charge >= 0.3 is 0 Å². The van der Waals surface area contributed by atoms with E-state index in [2.05, 4.69) is 10.4 Å². The number of nitrogens with one attached hydrogen (secondary N) is 1. The number of benzene rings is 1. The van der Waals surface area contributed by atoms with Gasteiger partial charge in [0.2, 0.25) is 0 Å². The van der Waals surface area contributed by atoms with E-state index in [1.807, 2.05) is 67.9 Å². The van der Waals surface area contributed by atoms with Gasteiger partial charge in [-0.2, -0.15) is 5.10 Å². The molecule has 0 radical (unpaired) electrons. The van der Waals surface area contributed by atoms with Crippen LogP contribution in [0.15, 0.2) is 42.5 Å². The van der Waals surface area contributed by atoms with Gasteiger partial charge in [0.25, 0.3) is 5.91 Å². The molecule has 2 heterocycles. The molecule has 0 aliphatic heterocycles. The van der Waals surface area contributed by atoms with E-state index < -0.39 is 0 Å². The number of thiophene rings is 1. The van der Waals surface area contributed by atoms with Crippen molar-refractivity contribution in [3.8, 4) is 0 Å². The molecule has 1 atom stereocenters. The number of hydrogen-bond acceptors (Lipinski definition) is 3. The molecule has 4 nitrogen and oxygen atoms in total. The zero-order valence-corrected chi connectivity index (χ0v) is 16.0. The van der Waals surface area contributed by atoms with E-state index >= 15 is 0 Å². The summed E-state index contributed by atoms with van der Waals surface area (Å²) in [5.41, 5.74) is 3.80. The predicted octanol–water partition coefficient (Wildman–Crippen LogP) is 4.75. The Hall–Kier alpha value is -2.11. The molecule has 3 rings (SSSR count). The molecule has 0 saturated carbocycles. The molecular formula is C19H20ClN3OS. The van der Waals surface area contributed by atoms with Gasteiger partial charge in [0.1, 0.15) is 0 Å². The highest BCUT2D eigenvalue weighted by Gasteiger charge is 2.14. The number of aromatic nitrogens is 2. The molecule has 1 amide bonds. The number of halogens is 1. The van der Waals surface area contributed by atoms with E-state index in [1.54, 1.807) is 0 Å². The normalized spacial score (nSPS) is 12.2. The van der Waals surface area contributed by atoms with Crippen molar-refractivity contribution in [3.63, 3.8) is 0 Å². The molecule has 1 N–H and O–H groups in total. The number of nitrogens with zero attached hydrogens (tertiary/aromatic N) is 2. The molecule has 25 heavy (non-hydrogen) atoms. The number of amides is 1. The number of carbonyl (C=O) groups excluding carboxylic acids is 1. The first-order valence-electron chi connectivity index (χ1n) is 8.08. The van der Waals surface area contributed by atoms with Crippen molar-refractivity contribution in [2.45, 2.75) is 33.4 Å². The number of aryl methyl sites for hydroxylation is 2. The minimum absolute atomic E-state index is 0.0790. The Morgan fingerprint density at radius 3 is 2.72 bits per heavy atom. The second-order valence-electron chi connectivity index (χ2n) is 6.12. The fraction of sp³-hybridized carbons (Fsp3) is 0.263. The van der Waals surface area contributed by atoms with Gasteiger partial charge in [-0.3, -0.25) is 9.48 Å². The van der Waals surface area contributed by atoms with Crippen molar-refractivity contribution in [1.29, 1.82) is 0 Å². The second-order valence-corrected chi connectivity index (χ2v) is 7.87. The van der Waals surface area contributed by atoms with Crippen molar-refractivity contribution in [3.05, 3.63) is 74.2 Å². The van der Waals surface area contributed by atoms with Gasteiger partial charge in [0.15, 0.2) is 0 Å². The molecule has 6 heteroatoms. The molecule has 0 fully saturated rings. The third kappa shape index (κ3) is 4.30. The highest BCUT2D eigenvalue weighted by molar-refractivity contribution is 7.16. The van der Waals surface area contributed by atoms with Crippen LogP contribution in [0.3, 0.4) is 0 Å². The fourth-order valence-corrected chi connectivity index (χ4v) is 3.79. The van der Waals surface area contributed by atoms with Crippen LogP contribution in [-0.4, -0.2) is 15.7 Å². The van der Waals surface area contributed by atoms with Crippen molar-refractivity contribution >= 4 is 28.8 Å². The van der Waals surface area contributed by atoms with Gasteiger partial charge < -0.3 is 5.32 Å². The standard InChI is InChI=1S/C19H20ClN3OS/c1-12-9-13(2)23(22-12)11-15-5-4-6-16(10-15)19(24)21-14(3)17-7-8-18(20)25-17/h4-10,14H,11H2,1-3H3,(H,21,24). The lowest BCUT2D eigenvalue weighted by molar-refractivity contribution is 0.0940. The lowest BCUT2D eigenvalue weighted by Crippen LogP contribution is -2.26. The maximum absolute atomic E-state index is 12.5. The summed E-state index contributed by atoms with van der Waals surface area (Å²) < 4.78 is 2.67. The van der Waals surface area contributed by atoms with E-state index in [0.717, 1.165) is 26.2 Å². The zero-order chi connectivity index (χ0) is 18.0. The maximum Gasteiger partial charge on any atom is 0.251 e. The van der Waals surface area contributed by atoms with Crippen molar-refractivity contribution in [2.75, 3.05) is 0 Å². The van der Waals surface area contributed by atoms with E-state index in [1.165, 1.54) is 11.3 Å². The van der Waals surface area contributed by atoms with Crippen LogP contribution >= 0.6 is 22.9 Å². The van der Waals surface area contributed by atoms with Gasteiger partial charge in [-0.15, -0.1) is 11.3 Å². The van der Waals surface area contributed by atoms with Crippen molar-refractivity contribution in [2.24, 2.45) is 0 Å². The summed E-state index contributed by atoms with van der Waals surface area (Å²) in [5.74, 6) is -0.0905. The fourth-order valence-electron chi connectivity index (χ4n) is 2.73. The smallest absolute Gasteiger partial charge is 0.251 e. The summed E-state index contributed by atoms with van der Waals surface area (Å²) in [6.45, 7) is 6.62. The monoisotopic (exact) mass is 373 g/mol. The Bertz CT molecular complexity index is 900. The molecular weight excluding hydrogens is 354 g/mol. The molecule has 1 aromatic carbocycles. The average molecular weight is 374 g/mol. The van der Waals surface area contributed by atoms with Crippen LogP contribution < -0.4 is 5.32 Å². The summed E-state index contributed by atoms with van der Waals surface area (Å²) in [4.78, 5) is 13.6. The molecule has 3 aromatic rings. The average Bonchev–Trinajstić information content (AvgIpc) is 3.13. The Morgan fingerprint density at radius 1 is 1.28 bits per heavy atom. The van der Waals surface area contributed by atoms with Crippen LogP contribution in [0.1, 0.15) is 45.2 Å². The van der Waals surface area contributed by atoms with Crippen LogP contribution in [0.25, 0.3) is 0 Å². The lowest BCUT2D eigenvalue weighted by Gasteiger charge is -2.13. The first-order valence-corrected chi connectivity index (χ1v) is 9.28. The van der Waals surface area contributed by atoms with Gasteiger partial charge in [0.05, 0.1) is 22.6 Å². The SMILES string of the molecule is Cc1cc(C)n(Cc2cccc(C(=O)NC(C)c3ccc(Cl)s3)c2)n1. The van der Waals surface area contributed by atoms with Gasteiger partial charge in [-0.05, 0) is 56.7 Å². The van der Waals surface area contributed by atoms with Gasteiger partial charge in [-0.25, -0.2) is 0 Å². The van der Waals surface area contributed by atoms with Crippen LogP contribution in [0.4, 0.5) is 0 Å². The molecule has 0 bridgehead atoms. The predicted molar refractivity (Wildman–Crippen MR) is 102 cm³/mol. The van der Waals surface area contributed by atoms with Crippen LogP contribution in [-0.2, 0) is 6.54 Å². The maximum atomic E-state index is 12.5. The van der Waals surface area contributed by atoms with E-state index in [0.29, 0.717) is 12.1 Å². The largest absolute Gasteiger partial charge is 0.345 e. The van der Waals surface area contributed by atoms with Crippen LogP contribution in [0.5, 0.6) is 0 Å². The highest BCUT2D eigenvalue weighted by atomic mass is 35.5. The minimum Gasteiger partial charge on any atom is -0.345 e. The molecule has 0 spiro atoms. The first-order chi connectivity index (χ1) is 11.9. The highest BCUT2D eigenvalue weighted by Crippen LogP contribution is 2.26. The van der Waals surface area contributed by atoms with Gasteiger partial charge in [-0.1, -0.05) is 23.7 Å². The zero-order valence-electron chi connectivity index (χ0n) is 14.4. The third-order valence-corrected chi connectivity index (χ3v) is 5.41. The van der Waals surface area contributed by atoms with Crippen LogP contribution in [0.2, 0.25) is 4.34 Å². The summed E-state index contributed by atoms with van der Waals surface area (Å²) in [7, 11) is 0. The topological polar surface area (TPSA) is 46.9 Å². The molecule has 0 aliphatic rings. The lowest BCUT2D eigenvalue weighted by atomic mass is 10.1. The number of hydrogen-bond donors (Lipinski definition) is 1. The molecule has 130 valence electrons. The summed E-state index contributed by atoms with van der Waals surface area (Å²) in [6, 6.07) is 13.4. The quantitative estimate of drug-likeness (QED) is 0.701. The Kier molecular flexibility index (Phi) is 5.25. The van der Waals surface area contributed by atoms with Crippen LogP contribution in [0, 0.1) is 13.8 Å². The van der Waals surface area contributed by atoms with Crippen molar-refractivity contribution < 1.29 is 4.79 Å². The first kappa shape index (κ1) is 17.7. The molecule has 0 saturated heterocycles. The molecule has 0 aliphatic carbocycles. The van der Waals surface area contributed by atoms with E-state index in [4.69, 9.17) is 11.6 Å². The molecule has 2 aromatic heterocycles. The number of rotatable bonds is 5. The Balaban J connectivity index is 1.72.